The molecule has 1 saturated carbocycles. The number of nitrogens with one attached hydrogen (secondary N) is 2. The van der Waals surface area contributed by atoms with Gasteiger partial charge in [0.2, 0.25) is 0 Å². The first kappa shape index (κ1) is 13.9. The van der Waals surface area contributed by atoms with Crippen LogP contribution in [0.4, 0.5) is 4.79 Å². The van der Waals surface area contributed by atoms with E-state index in [1.54, 1.807) is 6.92 Å². The van der Waals surface area contributed by atoms with Gasteiger partial charge in [0.1, 0.15) is 6.10 Å². The molecule has 98 valence electrons. The van der Waals surface area contributed by atoms with Crippen LogP contribution in [0.5, 0.6) is 0 Å². The van der Waals surface area contributed by atoms with Gasteiger partial charge in [0, 0.05) is 13.1 Å². The summed E-state index contributed by atoms with van der Waals surface area (Å²) in [4.78, 5) is 22.5. The smallest absolute Gasteiger partial charge is 0.321 e. The van der Waals surface area contributed by atoms with E-state index in [9.17, 15) is 9.59 Å². The summed E-state index contributed by atoms with van der Waals surface area (Å²) in [5, 5.41) is 4.51. The lowest BCUT2D eigenvalue weighted by molar-refractivity contribution is -0.135. The highest BCUT2D eigenvalue weighted by Gasteiger charge is 2.24. The predicted octanol–water partition coefficient (Wildman–Crippen LogP) is 0.117. The molecule has 3 amide bonds. The molecule has 0 aliphatic heterocycles. The fraction of sp³-hybridized carbons (Fsp3) is 0.818. The molecule has 1 rings (SSSR count). The van der Waals surface area contributed by atoms with E-state index in [4.69, 9.17) is 10.5 Å². The Hall–Kier alpha value is -1.14. The molecule has 0 aromatic rings. The van der Waals surface area contributed by atoms with Gasteiger partial charge in [0.15, 0.2) is 0 Å². The van der Waals surface area contributed by atoms with E-state index in [2.05, 4.69) is 10.6 Å². The number of nitrogens with two attached hydrogens (primary N) is 1. The standard InChI is InChI=1S/C11H21N3O3/c1-7(10(15)14-11(16)13-2)17-9-5-3-8(12)4-6-9/h7-9H,3-6,12H2,1-2H3,(H2,13,14,15,16). The van der Waals surface area contributed by atoms with Crippen LogP contribution in [0.15, 0.2) is 0 Å². The molecule has 1 unspecified atom stereocenters. The van der Waals surface area contributed by atoms with Crippen LogP contribution in [-0.4, -0.2) is 37.2 Å². The minimum atomic E-state index is -0.619. The lowest BCUT2D eigenvalue weighted by Gasteiger charge is -2.28. The first-order valence-electron chi connectivity index (χ1n) is 5.96. The highest BCUT2D eigenvalue weighted by atomic mass is 16.5. The van der Waals surface area contributed by atoms with Crippen LogP contribution >= 0.6 is 0 Å². The number of imide groups is 1. The number of ether oxygens (including phenoxy) is 1. The summed E-state index contributed by atoms with van der Waals surface area (Å²) in [5.74, 6) is -0.417. The Morgan fingerprint density at radius 3 is 2.41 bits per heavy atom. The maximum atomic E-state index is 11.5. The van der Waals surface area contributed by atoms with E-state index in [0.717, 1.165) is 25.7 Å². The van der Waals surface area contributed by atoms with Gasteiger partial charge in [-0.3, -0.25) is 10.1 Å². The third kappa shape index (κ3) is 4.70. The molecule has 0 aromatic carbocycles. The van der Waals surface area contributed by atoms with E-state index >= 15 is 0 Å². The average molecular weight is 243 g/mol. The van der Waals surface area contributed by atoms with Crippen molar-refractivity contribution in [2.75, 3.05) is 7.05 Å². The van der Waals surface area contributed by atoms with Gasteiger partial charge in [-0.05, 0) is 32.6 Å². The third-order valence-electron chi connectivity index (χ3n) is 2.95. The molecule has 6 nitrogen and oxygen atoms in total. The molecule has 0 aromatic heterocycles. The molecule has 1 aliphatic carbocycles. The van der Waals surface area contributed by atoms with Gasteiger partial charge in [-0.15, -0.1) is 0 Å². The SMILES string of the molecule is CNC(=O)NC(=O)C(C)OC1CCC(N)CC1. The fourth-order valence-corrected chi connectivity index (χ4v) is 1.85. The van der Waals surface area contributed by atoms with Crippen molar-refractivity contribution in [2.24, 2.45) is 5.73 Å². The first-order valence-corrected chi connectivity index (χ1v) is 5.96. The van der Waals surface area contributed by atoms with Crippen molar-refractivity contribution in [2.45, 2.75) is 50.9 Å². The molecule has 6 heteroatoms. The molecule has 0 bridgehead atoms. The predicted molar refractivity (Wildman–Crippen MR) is 63.4 cm³/mol. The van der Waals surface area contributed by atoms with Crippen molar-refractivity contribution >= 4 is 11.9 Å². The third-order valence-corrected chi connectivity index (χ3v) is 2.95. The lowest BCUT2D eigenvalue weighted by atomic mass is 9.93. The normalized spacial score (nSPS) is 26.1. The van der Waals surface area contributed by atoms with Crippen LogP contribution in [0.25, 0.3) is 0 Å². The Labute approximate surface area is 101 Å². The number of amides is 3. The number of hydrogen-bond donors (Lipinski definition) is 3. The number of hydrogen-bond acceptors (Lipinski definition) is 4. The summed E-state index contributed by atoms with van der Waals surface area (Å²) in [7, 11) is 1.46. The molecular formula is C11H21N3O3. The second kappa shape index (κ2) is 6.56. The monoisotopic (exact) mass is 243 g/mol. The Morgan fingerprint density at radius 2 is 1.88 bits per heavy atom. The second-order valence-electron chi connectivity index (χ2n) is 4.38. The van der Waals surface area contributed by atoms with Crippen molar-refractivity contribution in [3.8, 4) is 0 Å². The van der Waals surface area contributed by atoms with Gasteiger partial charge in [-0.2, -0.15) is 0 Å². The van der Waals surface area contributed by atoms with E-state index in [-0.39, 0.29) is 12.1 Å². The van der Waals surface area contributed by atoms with Crippen LogP contribution in [-0.2, 0) is 9.53 Å². The number of urea groups is 1. The van der Waals surface area contributed by atoms with E-state index in [0.29, 0.717) is 0 Å². The van der Waals surface area contributed by atoms with Gasteiger partial charge in [0.25, 0.3) is 5.91 Å². The number of rotatable bonds is 3. The molecule has 17 heavy (non-hydrogen) atoms. The van der Waals surface area contributed by atoms with Crippen molar-refractivity contribution in [1.29, 1.82) is 0 Å². The molecule has 1 aliphatic rings. The Balaban J connectivity index is 2.30. The first-order chi connectivity index (χ1) is 8.02. The zero-order valence-electron chi connectivity index (χ0n) is 10.4. The van der Waals surface area contributed by atoms with Gasteiger partial charge >= 0.3 is 6.03 Å². The highest BCUT2D eigenvalue weighted by molar-refractivity contribution is 5.96. The molecule has 0 heterocycles. The van der Waals surface area contributed by atoms with Gasteiger partial charge in [0.05, 0.1) is 6.10 Å². The number of carbonyl (C=O) groups is 2. The minimum Gasteiger partial charge on any atom is -0.365 e. The summed E-state index contributed by atoms with van der Waals surface area (Å²) in [6.07, 6.45) is 3.05. The van der Waals surface area contributed by atoms with Gasteiger partial charge < -0.3 is 15.8 Å². The van der Waals surface area contributed by atoms with Gasteiger partial charge in [-0.25, -0.2) is 4.79 Å². The second-order valence-corrected chi connectivity index (χ2v) is 4.38. The molecule has 0 radical (unpaired) electrons. The summed E-state index contributed by atoms with van der Waals surface area (Å²) in [5.41, 5.74) is 5.78. The van der Waals surface area contributed by atoms with Crippen molar-refractivity contribution < 1.29 is 14.3 Å². The highest BCUT2D eigenvalue weighted by Crippen LogP contribution is 2.20. The van der Waals surface area contributed by atoms with Crippen LogP contribution < -0.4 is 16.4 Å². The van der Waals surface area contributed by atoms with Gasteiger partial charge in [-0.1, -0.05) is 0 Å². The topological polar surface area (TPSA) is 93.5 Å². The summed E-state index contributed by atoms with van der Waals surface area (Å²) >= 11 is 0. The zero-order chi connectivity index (χ0) is 12.8. The molecule has 1 fully saturated rings. The largest absolute Gasteiger partial charge is 0.365 e. The zero-order valence-corrected chi connectivity index (χ0v) is 10.4. The fourth-order valence-electron chi connectivity index (χ4n) is 1.85. The van der Waals surface area contributed by atoms with Crippen molar-refractivity contribution in [1.82, 2.24) is 10.6 Å². The van der Waals surface area contributed by atoms with Crippen LogP contribution in [0.1, 0.15) is 32.6 Å². The van der Waals surface area contributed by atoms with Crippen LogP contribution in [0.2, 0.25) is 0 Å². The summed E-state index contributed by atoms with van der Waals surface area (Å²) < 4.78 is 5.60. The Kier molecular flexibility index (Phi) is 5.37. The quantitative estimate of drug-likeness (QED) is 0.656. The van der Waals surface area contributed by atoms with E-state index in [1.807, 2.05) is 0 Å². The maximum Gasteiger partial charge on any atom is 0.321 e. The number of carbonyl (C=O) groups excluding carboxylic acids is 2. The minimum absolute atomic E-state index is 0.0697. The maximum absolute atomic E-state index is 11.5. The Morgan fingerprint density at radius 1 is 1.29 bits per heavy atom. The molecular weight excluding hydrogens is 222 g/mol. The van der Waals surface area contributed by atoms with Crippen molar-refractivity contribution in [3.63, 3.8) is 0 Å². The lowest BCUT2D eigenvalue weighted by Crippen LogP contribution is -2.44. The Bertz CT molecular complexity index is 275. The molecule has 0 spiro atoms. The van der Waals surface area contributed by atoms with E-state index < -0.39 is 18.0 Å². The summed E-state index contributed by atoms with van der Waals surface area (Å²) in [6, 6.07) is -0.263. The summed E-state index contributed by atoms with van der Waals surface area (Å²) in [6.45, 7) is 1.65. The molecule has 4 N–H and O–H groups in total. The average Bonchev–Trinajstić information content (AvgIpc) is 2.31. The van der Waals surface area contributed by atoms with Crippen LogP contribution in [0.3, 0.4) is 0 Å². The molecule has 1 atom stereocenters. The van der Waals surface area contributed by atoms with E-state index in [1.165, 1.54) is 7.05 Å². The van der Waals surface area contributed by atoms with Crippen molar-refractivity contribution in [3.05, 3.63) is 0 Å². The molecule has 0 saturated heterocycles. The van der Waals surface area contributed by atoms with Crippen LogP contribution in [0, 0.1) is 0 Å².